The molecule has 1 aromatic carbocycles. The van der Waals surface area contributed by atoms with Crippen LogP contribution in [0.3, 0.4) is 0 Å². The first-order valence-electron chi connectivity index (χ1n) is 8.40. The van der Waals surface area contributed by atoms with Gasteiger partial charge < -0.3 is 15.0 Å². The molecule has 0 bridgehead atoms. The molecule has 1 aromatic rings. The van der Waals surface area contributed by atoms with Crippen LogP contribution in [0.4, 0.5) is 0 Å². The van der Waals surface area contributed by atoms with Gasteiger partial charge in [-0.25, -0.2) is 0 Å². The Morgan fingerprint density at radius 3 is 2.87 bits per heavy atom. The topological polar surface area (TPSA) is 58.6 Å². The van der Waals surface area contributed by atoms with Crippen LogP contribution in [0.1, 0.15) is 24.3 Å². The maximum absolute atomic E-state index is 12.7. The van der Waals surface area contributed by atoms with Crippen LogP contribution in [0, 0.1) is 11.3 Å². The average molecular weight is 314 g/mol. The van der Waals surface area contributed by atoms with Gasteiger partial charge in [-0.3, -0.25) is 9.59 Å². The fourth-order valence-corrected chi connectivity index (χ4v) is 4.33. The van der Waals surface area contributed by atoms with Crippen molar-refractivity contribution >= 4 is 11.8 Å². The Bertz CT molecular complexity index is 612. The number of amides is 2. The first kappa shape index (κ1) is 14.7. The molecule has 3 saturated heterocycles. The Hall–Kier alpha value is -1.88. The van der Waals surface area contributed by atoms with Gasteiger partial charge in [-0.15, -0.1) is 0 Å². The van der Waals surface area contributed by atoms with Gasteiger partial charge in [0.1, 0.15) is 0 Å². The van der Waals surface area contributed by atoms with Crippen LogP contribution in [0.15, 0.2) is 30.3 Å². The lowest BCUT2D eigenvalue weighted by Gasteiger charge is -2.29. The van der Waals surface area contributed by atoms with Gasteiger partial charge in [0.2, 0.25) is 11.8 Å². The number of benzene rings is 1. The summed E-state index contributed by atoms with van der Waals surface area (Å²) < 4.78 is 5.34. The van der Waals surface area contributed by atoms with Gasteiger partial charge in [0.05, 0.1) is 17.9 Å². The van der Waals surface area contributed by atoms with Crippen LogP contribution in [-0.2, 0) is 14.3 Å². The van der Waals surface area contributed by atoms with Crippen molar-refractivity contribution < 1.29 is 14.3 Å². The van der Waals surface area contributed by atoms with Gasteiger partial charge in [-0.05, 0) is 18.4 Å². The number of nitrogens with one attached hydrogen (secondary N) is 1. The zero-order valence-corrected chi connectivity index (χ0v) is 13.2. The first-order valence-corrected chi connectivity index (χ1v) is 8.40. The van der Waals surface area contributed by atoms with E-state index in [9.17, 15) is 9.59 Å². The van der Waals surface area contributed by atoms with Crippen LogP contribution < -0.4 is 5.32 Å². The van der Waals surface area contributed by atoms with Gasteiger partial charge in [0.15, 0.2) is 0 Å². The maximum atomic E-state index is 12.7. The molecule has 0 aromatic heterocycles. The highest BCUT2D eigenvalue weighted by atomic mass is 16.5. The SMILES string of the molecule is O=C(C1CCOC1)N1CCC2(C1)C(=O)NCC2c1ccccc1. The third-order valence-electron chi connectivity index (χ3n) is 5.68. The van der Waals surface area contributed by atoms with Crippen molar-refractivity contribution in [2.24, 2.45) is 11.3 Å². The van der Waals surface area contributed by atoms with Crippen LogP contribution in [0.2, 0.25) is 0 Å². The number of likely N-dealkylation sites (tertiary alicyclic amines) is 1. The molecule has 3 atom stereocenters. The van der Waals surface area contributed by atoms with Crippen molar-refractivity contribution in [2.75, 3.05) is 32.8 Å². The second kappa shape index (κ2) is 5.64. The van der Waals surface area contributed by atoms with E-state index in [0.29, 0.717) is 32.8 Å². The molecule has 5 heteroatoms. The molecule has 23 heavy (non-hydrogen) atoms. The van der Waals surface area contributed by atoms with Crippen molar-refractivity contribution in [3.8, 4) is 0 Å². The Labute approximate surface area is 136 Å². The maximum Gasteiger partial charge on any atom is 0.228 e. The molecule has 1 spiro atoms. The minimum absolute atomic E-state index is 0.0233. The fraction of sp³-hybridized carbons (Fsp3) is 0.556. The quantitative estimate of drug-likeness (QED) is 0.891. The lowest BCUT2D eigenvalue weighted by Crippen LogP contribution is -2.41. The molecular formula is C18H22N2O3. The molecule has 3 unspecified atom stereocenters. The average Bonchev–Trinajstić information content (AvgIpc) is 3.31. The Morgan fingerprint density at radius 2 is 2.13 bits per heavy atom. The zero-order chi connectivity index (χ0) is 15.9. The van der Waals surface area contributed by atoms with E-state index in [1.807, 2.05) is 23.1 Å². The van der Waals surface area contributed by atoms with E-state index in [1.165, 1.54) is 5.56 Å². The summed E-state index contributed by atoms with van der Waals surface area (Å²) in [5.41, 5.74) is 0.723. The highest BCUT2D eigenvalue weighted by molar-refractivity contribution is 5.89. The lowest BCUT2D eigenvalue weighted by molar-refractivity contribution is -0.135. The van der Waals surface area contributed by atoms with Gasteiger partial charge in [0, 0.05) is 32.2 Å². The normalized spacial score (nSPS) is 33.4. The van der Waals surface area contributed by atoms with Crippen molar-refractivity contribution in [3.05, 3.63) is 35.9 Å². The molecule has 4 rings (SSSR count). The largest absolute Gasteiger partial charge is 0.381 e. The Balaban J connectivity index is 1.57. The summed E-state index contributed by atoms with van der Waals surface area (Å²) in [5.74, 6) is 0.383. The minimum atomic E-state index is -0.462. The molecule has 3 aliphatic heterocycles. The fourth-order valence-electron chi connectivity index (χ4n) is 4.33. The Morgan fingerprint density at radius 1 is 1.30 bits per heavy atom. The van der Waals surface area contributed by atoms with Gasteiger partial charge in [-0.2, -0.15) is 0 Å². The first-order chi connectivity index (χ1) is 11.2. The van der Waals surface area contributed by atoms with E-state index in [2.05, 4.69) is 17.4 Å². The predicted molar refractivity (Wildman–Crippen MR) is 84.7 cm³/mol. The number of carbonyl (C=O) groups excluding carboxylic acids is 2. The van der Waals surface area contributed by atoms with Crippen LogP contribution in [0.25, 0.3) is 0 Å². The van der Waals surface area contributed by atoms with E-state index in [-0.39, 0.29) is 23.7 Å². The monoisotopic (exact) mass is 314 g/mol. The number of hydrogen-bond donors (Lipinski definition) is 1. The molecular weight excluding hydrogens is 292 g/mol. The van der Waals surface area contributed by atoms with E-state index >= 15 is 0 Å². The molecule has 0 radical (unpaired) electrons. The van der Waals surface area contributed by atoms with Crippen molar-refractivity contribution in [1.82, 2.24) is 10.2 Å². The second-order valence-corrected chi connectivity index (χ2v) is 6.90. The number of carbonyl (C=O) groups is 2. The standard InChI is InChI=1S/C18H22N2O3/c21-16(14-6-9-23-11-14)20-8-7-18(12-20)15(10-19-17(18)22)13-4-2-1-3-5-13/h1-5,14-15H,6-12H2,(H,19,22). The number of nitrogens with zero attached hydrogens (tertiary/aromatic N) is 1. The predicted octanol–water partition coefficient (Wildman–Crippen LogP) is 1.16. The molecule has 0 aliphatic carbocycles. The van der Waals surface area contributed by atoms with Gasteiger partial charge in [-0.1, -0.05) is 30.3 Å². The highest BCUT2D eigenvalue weighted by Gasteiger charge is 2.55. The minimum Gasteiger partial charge on any atom is -0.381 e. The van der Waals surface area contributed by atoms with Crippen molar-refractivity contribution in [2.45, 2.75) is 18.8 Å². The summed E-state index contributed by atoms with van der Waals surface area (Å²) in [6.07, 6.45) is 1.55. The molecule has 3 heterocycles. The summed E-state index contributed by atoms with van der Waals surface area (Å²) in [6, 6.07) is 10.2. The number of ether oxygens (including phenoxy) is 1. The molecule has 3 fully saturated rings. The van der Waals surface area contributed by atoms with E-state index < -0.39 is 5.41 Å². The summed E-state index contributed by atoms with van der Waals surface area (Å²) in [5, 5.41) is 3.03. The molecule has 1 N–H and O–H groups in total. The third kappa shape index (κ3) is 2.34. The Kier molecular flexibility index (Phi) is 3.60. The zero-order valence-electron chi connectivity index (χ0n) is 13.2. The van der Waals surface area contributed by atoms with E-state index in [4.69, 9.17) is 4.74 Å². The lowest BCUT2D eigenvalue weighted by atomic mass is 9.73. The van der Waals surface area contributed by atoms with Crippen molar-refractivity contribution in [1.29, 1.82) is 0 Å². The third-order valence-corrected chi connectivity index (χ3v) is 5.68. The molecule has 2 amide bonds. The molecule has 0 saturated carbocycles. The smallest absolute Gasteiger partial charge is 0.228 e. The summed E-state index contributed by atoms with van der Waals surface area (Å²) in [4.78, 5) is 27.1. The van der Waals surface area contributed by atoms with Crippen LogP contribution >= 0.6 is 0 Å². The van der Waals surface area contributed by atoms with Crippen molar-refractivity contribution in [3.63, 3.8) is 0 Å². The van der Waals surface area contributed by atoms with Crippen LogP contribution in [0.5, 0.6) is 0 Å². The van der Waals surface area contributed by atoms with Gasteiger partial charge in [0.25, 0.3) is 0 Å². The summed E-state index contributed by atoms with van der Waals surface area (Å²) in [6.45, 7) is 3.07. The van der Waals surface area contributed by atoms with Gasteiger partial charge >= 0.3 is 0 Å². The molecule has 3 aliphatic rings. The number of rotatable bonds is 2. The van der Waals surface area contributed by atoms with Crippen LogP contribution in [-0.4, -0.2) is 49.6 Å². The molecule has 5 nitrogen and oxygen atoms in total. The van der Waals surface area contributed by atoms with E-state index in [1.54, 1.807) is 0 Å². The van der Waals surface area contributed by atoms with E-state index in [0.717, 1.165) is 12.8 Å². The second-order valence-electron chi connectivity index (χ2n) is 6.90. The number of hydrogen-bond acceptors (Lipinski definition) is 3. The highest BCUT2D eigenvalue weighted by Crippen LogP contribution is 2.47. The summed E-state index contributed by atoms with van der Waals surface area (Å²) >= 11 is 0. The summed E-state index contributed by atoms with van der Waals surface area (Å²) in [7, 11) is 0. The molecule has 122 valence electrons.